The molecule has 0 spiro atoms. The van der Waals surface area contributed by atoms with Crippen LogP contribution in [0.15, 0.2) is 25.3 Å². The Morgan fingerprint density at radius 1 is 0.500 bits per heavy atom. The molecule has 0 aromatic heterocycles. The molecule has 0 heterocycles. The summed E-state index contributed by atoms with van der Waals surface area (Å²) >= 11 is 0. The highest BCUT2D eigenvalue weighted by Gasteiger charge is 1.92. The summed E-state index contributed by atoms with van der Waals surface area (Å²) in [6, 6.07) is 0. The van der Waals surface area contributed by atoms with Crippen molar-refractivity contribution in [2.24, 2.45) is 0 Å². The average Bonchev–Trinajstić information content (AvgIpc) is 2.22. The Hall–Kier alpha value is -0.520. The Morgan fingerprint density at radius 3 is 1.14 bits per heavy atom. The normalized spacial score (nSPS) is 22.0. The van der Waals surface area contributed by atoms with E-state index in [-0.39, 0.29) is 0 Å². The van der Waals surface area contributed by atoms with Crippen LogP contribution in [0.5, 0.6) is 0 Å². The first-order valence-corrected chi connectivity index (χ1v) is 6.15. The first-order valence-electron chi connectivity index (χ1n) is 6.15. The Kier molecular flexibility index (Phi) is 12.0. The van der Waals surface area contributed by atoms with Crippen LogP contribution < -0.4 is 0 Å². The predicted octanol–water partition coefficient (Wildman–Crippen LogP) is 5.26. The lowest BCUT2D eigenvalue weighted by molar-refractivity contribution is 0.566. The largest absolute Gasteiger partial charge is 0.106 e. The Balaban J connectivity index is 0.000000791. The molecule has 1 aliphatic rings. The van der Waals surface area contributed by atoms with Crippen LogP contribution in [-0.2, 0) is 0 Å². The van der Waals surface area contributed by atoms with Gasteiger partial charge in [0.2, 0.25) is 0 Å². The molecule has 1 rings (SSSR count). The minimum Gasteiger partial charge on any atom is -0.106 e. The molecule has 0 nitrogen and oxygen atoms in total. The lowest BCUT2D eigenvalue weighted by atomic mass is 10.0. The molecule has 0 heteroatoms. The zero-order chi connectivity index (χ0) is 10.5. The SMILES string of the molecule is C1=C/CCCCCCCCCC/1.C=C. The zero-order valence-electron chi connectivity index (χ0n) is 9.64. The smallest absolute Gasteiger partial charge is 0.0351 e. The lowest BCUT2D eigenvalue weighted by Gasteiger charge is -2.02. The highest BCUT2D eigenvalue weighted by Crippen LogP contribution is 2.12. The minimum absolute atomic E-state index is 1.32. The maximum Gasteiger partial charge on any atom is -0.0351 e. The molecule has 0 aromatic carbocycles. The second kappa shape index (κ2) is 12.5. The molecule has 0 atom stereocenters. The van der Waals surface area contributed by atoms with Gasteiger partial charge in [-0.1, -0.05) is 50.7 Å². The molecule has 0 aromatic rings. The molecule has 1 aliphatic carbocycles. The third-order valence-electron chi connectivity index (χ3n) is 2.66. The quantitative estimate of drug-likeness (QED) is 0.461. The van der Waals surface area contributed by atoms with Gasteiger partial charge in [-0.2, -0.15) is 0 Å². The van der Waals surface area contributed by atoms with E-state index >= 15 is 0 Å². The molecular weight excluding hydrogens is 168 g/mol. The summed E-state index contributed by atoms with van der Waals surface area (Å²) in [5.41, 5.74) is 0. The van der Waals surface area contributed by atoms with E-state index in [1.165, 1.54) is 64.2 Å². The highest BCUT2D eigenvalue weighted by molar-refractivity contribution is 4.81. The minimum atomic E-state index is 1.32. The second-order valence-electron chi connectivity index (χ2n) is 3.88. The number of rotatable bonds is 0. The molecular formula is C14H26. The molecule has 0 saturated carbocycles. The maximum absolute atomic E-state index is 3.00. The summed E-state index contributed by atoms with van der Waals surface area (Å²) in [4.78, 5) is 0. The Labute approximate surface area is 90.1 Å². The van der Waals surface area contributed by atoms with E-state index in [9.17, 15) is 0 Å². The molecule has 0 unspecified atom stereocenters. The van der Waals surface area contributed by atoms with Gasteiger partial charge in [0.15, 0.2) is 0 Å². The van der Waals surface area contributed by atoms with Gasteiger partial charge in [0, 0.05) is 0 Å². The van der Waals surface area contributed by atoms with Crippen LogP contribution in [0.25, 0.3) is 0 Å². The zero-order valence-corrected chi connectivity index (χ0v) is 9.64. The van der Waals surface area contributed by atoms with Crippen LogP contribution in [0.2, 0.25) is 0 Å². The van der Waals surface area contributed by atoms with Gasteiger partial charge in [0.25, 0.3) is 0 Å². The molecule has 0 bridgehead atoms. The van der Waals surface area contributed by atoms with E-state index in [1.807, 2.05) is 0 Å². The predicted molar refractivity (Wildman–Crippen MR) is 66.6 cm³/mol. The van der Waals surface area contributed by atoms with Crippen LogP contribution in [0.1, 0.15) is 64.2 Å². The van der Waals surface area contributed by atoms with E-state index in [4.69, 9.17) is 0 Å². The fraction of sp³-hybridized carbons (Fsp3) is 0.714. The highest BCUT2D eigenvalue weighted by atomic mass is 14.0. The Morgan fingerprint density at radius 2 is 0.786 bits per heavy atom. The van der Waals surface area contributed by atoms with Crippen LogP contribution in [0.3, 0.4) is 0 Å². The number of hydrogen-bond donors (Lipinski definition) is 0. The summed E-state index contributed by atoms with van der Waals surface area (Å²) in [6.45, 7) is 6.00. The molecule has 0 radical (unpaired) electrons. The van der Waals surface area contributed by atoms with Crippen LogP contribution in [0.4, 0.5) is 0 Å². The Bertz CT molecular complexity index is 110. The fourth-order valence-electron chi connectivity index (χ4n) is 1.82. The first-order chi connectivity index (χ1) is 7.00. The topological polar surface area (TPSA) is 0 Å². The van der Waals surface area contributed by atoms with Crippen LogP contribution in [0, 0.1) is 0 Å². The fourth-order valence-corrected chi connectivity index (χ4v) is 1.82. The summed E-state index contributed by atoms with van der Waals surface area (Å²) < 4.78 is 0. The third-order valence-corrected chi connectivity index (χ3v) is 2.66. The van der Waals surface area contributed by atoms with Gasteiger partial charge in [0.1, 0.15) is 0 Å². The standard InChI is InChI=1S/C12H22.C2H4/c1-2-4-6-8-10-12-11-9-7-5-3-1;1-2/h1-2H,3-12H2;1-2H2/b2-1+;. The molecule has 0 amide bonds. The van der Waals surface area contributed by atoms with E-state index in [0.29, 0.717) is 0 Å². The van der Waals surface area contributed by atoms with Crippen LogP contribution >= 0.6 is 0 Å². The van der Waals surface area contributed by atoms with Crippen molar-refractivity contribution in [3.63, 3.8) is 0 Å². The van der Waals surface area contributed by atoms with E-state index in [0.717, 1.165) is 0 Å². The molecule has 82 valence electrons. The summed E-state index contributed by atoms with van der Waals surface area (Å²) in [5, 5.41) is 0. The van der Waals surface area contributed by atoms with E-state index in [1.54, 1.807) is 0 Å². The summed E-state index contributed by atoms with van der Waals surface area (Å²) in [7, 11) is 0. The van der Waals surface area contributed by atoms with Gasteiger partial charge >= 0.3 is 0 Å². The third kappa shape index (κ3) is 9.57. The van der Waals surface area contributed by atoms with Crippen molar-refractivity contribution in [1.82, 2.24) is 0 Å². The van der Waals surface area contributed by atoms with Crippen molar-refractivity contribution in [2.45, 2.75) is 64.2 Å². The van der Waals surface area contributed by atoms with Crippen molar-refractivity contribution in [3.05, 3.63) is 25.3 Å². The molecule has 0 aliphatic heterocycles. The molecule has 14 heavy (non-hydrogen) atoms. The second-order valence-corrected chi connectivity index (χ2v) is 3.88. The van der Waals surface area contributed by atoms with Gasteiger partial charge in [-0.25, -0.2) is 0 Å². The van der Waals surface area contributed by atoms with Gasteiger partial charge in [-0.05, 0) is 25.7 Å². The van der Waals surface area contributed by atoms with Crippen molar-refractivity contribution >= 4 is 0 Å². The maximum atomic E-state index is 3.00. The van der Waals surface area contributed by atoms with Crippen molar-refractivity contribution in [1.29, 1.82) is 0 Å². The van der Waals surface area contributed by atoms with Gasteiger partial charge < -0.3 is 0 Å². The average molecular weight is 194 g/mol. The monoisotopic (exact) mass is 194 g/mol. The van der Waals surface area contributed by atoms with Crippen molar-refractivity contribution < 1.29 is 0 Å². The molecule has 0 saturated heterocycles. The van der Waals surface area contributed by atoms with Gasteiger partial charge in [-0.15, -0.1) is 13.2 Å². The summed E-state index contributed by atoms with van der Waals surface area (Å²) in [5.74, 6) is 0. The molecule has 0 N–H and O–H groups in total. The van der Waals surface area contributed by atoms with Crippen LogP contribution in [-0.4, -0.2) is 0 Å². The summed E-state index contributed by atoms with van der Waals surface area (Å²) in [6.07, 6.45) is 19.0. The van der Waals surface area contributed by atoms with E-state index < -0.39 is 0 Å². The number of allylic oxidation sites excluding steroid dienone is 2. The van der Waals surface area contributed by atoms with Crippen molar-refractivity contribution in [2.75, 3.05) is 0 Å². The van der Waals surface area contributed by atoms with Gasteiger partial charge in [0.05, 0.1) is 0 Å². The van der Waals surface area contributed by atoms with Crippen molar-refractivity contribution in [3.8, 4) is 0 Å². The van der Waals surface area contributed by atoms with Gasteiger partial charge in [-0.3, -0.25) is 0 Å². The molecule has 0 fully saturated rings. The first kappa shape index (κ1) is 13.5. The number of hydrogen-bond acceptors (Lipinski definition) is 0. The van der Waals surface area contributed by atoms with E-state index in [2.05, 4.69) is 25.3 Å². The lowest BCUT2D eigenvalue weighted by Crippen LogP contribution is -1.82.